The molecule has 0 aromatic carbocycles. The number of rotatable bonds is 43. The van der Waals surface area contributed by atoms with Crippen molar-refractivity contribution in [1.29, 1.82) is 0 Å². The molecule has 0 saturated carbocycles. The summed E-state index contributed by atoms with van der Waals surface area (Å²) in [5, 5.41) is 54.5. The van der Waals surface area contributed by atoms with Gasteiger partial charge < -0.3 is 40.3 Å². The summed E-state index contributed by atoms with van der Waals surface area (Å²) in [6.45, 7) is 3.70. The molecule has 1 amide bonds. The Morgan fingerprint density at radius 3 is 1.42 bits per heavy atom. The van der Waals surface area contributed by atoms with Gasteiger partial charge in [0.05, 0.1) is 25.4 Å². The Kier molecular flexibility index (Phi) is 42.0. The van der Waals surface area contributed by atoms with Crippen molar-refractivity contribution in [1.82, 2.24) is 5.32 Å². The highest BCUT2D eigenvalue weighted by Crippen LogP contribution is 2.23. The molecule has 1 saturated heterocycles. The molecule has 65 heavy (non-hydrogen) atoms. The molecular formula is C56H97NO8. The second-order valence-electron chi connectivity index (χ2n) is 17.9. The lowest BCUT2D eigenvalue weighted by Gasteiger charge is -2.40. The van der Waals surface area contributed by atoms with Crippen LogP contribution in [0.25, 0.3) is 0 Å². The van der Waals surface area contributed by atoms with Crippen LogP contribution in [0, 0.1) is 0 Å². The Balaban J connectivity index is 2.28. The van der Waals surface area contributed by atoms with E-state index in [0.29, 0.717) is 12.8 Å². The number of aliphatic hydroxyl groups excluding tert-OH is 5. The molecule has 1 aliphatic rings. The normalized spacial score (nSPS) is 20.6. The molecule has 1 aliphatic heterocycles. The van der Waals surface area contributed by atoms with Gasteiger partial charge in [0.2, 0.25) is 5.91 Å². The summed E-state index contributed by atoms with van der Waals surface area (Å²) >= 11 is 0. The number of carbonyl (C=O) groups excluding carboxylic acids is 1. The van der Waals surface area contributed by atoms with E-state index < -0.39 is 49.5 Å². The third kappa shape index (κ3) is 35.2. The van der Waals surface area contributed by atoms with Gasteiger partial charge in [-0.2, -0.15) is 0 Å². The van der Waals surface area contributed by atoms with Crippen LogP contribution in [0.1, 0.15) is 206 Å². The molecule has 374 valence electrons. The summed E-state index contributed by atoms with van der Waals surface area (Å²) < 4.78 is 11.3. The lowest BCUT2D eigenvalue weighted by molar-refractivity contribution is -0.302. The van der Waals surface area contributed by atoms with Crippen molar-refractivity contribution in [3.05, 3.63) is 85.1 Å². The minimum atomic E-state index is -1.56. The van der Waals surface area contributed by atoms with Gasteiger partial charge in [0.15, 0.2) is 6.29 Å². The topological polar surface area (TPSA) is 149 Å². The number of nitrogens with one attached hydrogen (secondary N) is 1. The molecule has 7 atom stereocenters. The minimum absolute atomic E-state index is 0.151. The van der Waals surface area contributed by atoms with Crippen LogP contribution >= 0.6 is 0 Å². The van der Waals surface area contributed by atoms with Crippen LogP contribution in [0.3, 0.4) is 0 Å². The van der Waals surface area contributed by atoms with Gasteiger partial charge in [0.1, 0.15) is 24.4 Å². The molecule has 9 heteroatoms. The van der Waals surface area contributed by atoms with Crippen LogP contribution in [0.5, 0.6) is 0 Å². The molecule has 1 fully saturated rings. The zero-order valence-corrected chi connectivity index (χ0v) is 41.2. The number of carbonyl (C=O) groups is 1. The Bertz CT molecular complexity index is 1290. The lowest BCUT2D eigenvalue weighted by atomic mass is 9.99. The zero-order chi connectivity index (χ0) is 47.3. The fraction of sp³-hybridized carbons (Fsp3) is 0.732. The van der Waals surface area contributed by atoms with Crippen molar-refractivity contribution < 1.29 is 39.8 Å². The molecule has 6 N–H and O–H groups in total. The standard InChI is InChI=1S/C56H97NO8/c1-3-5-7-9-11-13-15-17-19-20-21-22-23-24-25-26-27-28-29-30-32-34-36-38-40-42-44-46-52(60)57-49(48-64-56-55(63)54(62)53(61)51(47-58)65-56)50(59)45-43-41-39-37-35-33-31-18-16-14-12-10-8-6-4-2/h5,7,11,13,17,19,21-22,24-25,27-28,30,32,49-51,53-56,58-59,61-63H,3-4,6,8-10,12,14-16,18,20,23,26,29,31,33-48H2,1-2H3,(H,57,60)/b7-5-,13-11-,19-17-,22-21-,25-24-,28-27-,32-30-. The van der Waals surface area contributed by atoms with Gasteiger partial charge in [0.25, 0.3) is 0 Å². The third-order valence-corrected chi connectivity index (χ3v) is 12.0. The minimum Gasteiger partial charge on any atom is -0.394 e. The van der Waals surface area contributed by atoms with Gasteiger partial charge in [-0.15, -0.1) is 0 Å². The molecule has 0 radical (unpaired) electrons. The monoisotopic (exact) mass is 912 g/mol. The summed E-state index contributed by atoms with van der Waals surface area (Å²) in [5.74, 6) is -0.166. The highest BCUT2D eigenvalue weighted by Gasteiger charge is 2.44. The maximum Gasteiger partial charge on any atom is 0.220 e. The maximum atomic E-state index is 13.0. The first-order valence-corrected chi connectivity index (χ1v) is 26.3. The fourth-order valence-electron chi connectivity index (χ4n) is 7.85. The van der Waals surface area contributed by atoms with Crippen molar-refractivity contribution in [3.8, 4) is 0 Å². The largest absolute Gasteiger partial charge is 0.394 e. The van der Waals surface area contributed by atoms with E-state index in [1.165, 1.54) is 77.0 Å². The van der Waals surface area contributed by atoms with E-state index in [-0.39, 0.29) is 12.5 Å². The second-order valence-corrected chi connectivity index (χ2v) is 17.9. The predicted octanol–water partition coefficient (Wildman–Crippen LogP) is 12.3. The number of hydrogen-bond acceptors (Lipinski definition) is 8. The highest BCUT2D eigenvalue weighted by atomic mass is 16.7. The lowest BCUT2D eigenvalue weighted by Crippen LogP contribution is -2.60. The van der Waals surface area contributed by atoms with Gasteiger partial charge in [-0.25, -0.2) is 0 Å². The van der Waals surface area contributed by atoms with Gasteiger partial charge >= 0.3 is 0 Å². The molecule has 1 rings (SSSR count). The molecule has 7 unspecified atom stereocenters. The zero-order valence-electron chi connectivity index (χ0n) is 41.2. The number of hydrogen-bond donors (Lipinski definition) is 6. The van der Waals surface area contributed by atoms with Crippen LogP contribution in [0.2, 0.25) is 0 Å². The molecular weight excluding hydrogens is 815 g/mol. The first-order chi connectivity index (χ1) is 31.8. The molecule has 1 heterocycles. The Morgan fingerprint density at radius 2 is 0.954 bits per heavy atom. The number of amides is 1. The van der Waals surface area contributed by atoms with E-state index in [4.69, 9.17) is 9.47 Å². The van der Waals surface area contributed by atoms with Gasteiger partial charge in [-0.3, -0.25) is 4.79 Å². The Hall–Kier alpha value is -2.63. The summed E-state index contributed by atoms with van der Waals surface area (Å²) in [4.78, 5) is 13.0. The number of allylic oxidation sites excluding steroid dienone is 14. The van der Waals surface area contributed by atoms with Crippen molar-refractivity contribution >= 4 is 5.91 Å². The average Bonchev–Trinajstić information content (AvgIpc) is 3.31. The first kappa shape index (κ1) is 60.4. The predicted molar refractivity (Wildman–Crippen MR) is 271 cm³/mol. The van der Waals surface area contributed by atoms with Gasteiger partial charge in [0, 0.05) is 6.42 Å². The number of ether oxygens (including phenoxy) is 2. The van der Waals surface area contributed by atoms with E-state index in [0.717, 1.165) is 103 Å². The summed E-state index contributed by atoms with van der Waals surface area (Å²) in [5.41, 5.74) is 0. The molecule has 9 nitrogen and oxygen atoms in total. The Labute approximate surface area is 397 Å². The van der Waals surface area contributed by atoms with E-state index in [9.17, 15) is 30.3 Å². The molecule has 0 aromatic heterocycles. The second kappa shape index (κ2) is 45.2. The van der Waals surface area contributed by atoms with Crippen LogP contribution in [0.15, 0.2) is 85.1 Å². The van der Waals surface area contributed by atoms with Crippen molar-refractivity contribution in [2.45, 2.75) is 249 Å². The van der Waals surface area contributed by atoms with Crippen molar-refractivity contribution in [2.75, 3.05) is 13.2 Å². The van der Waals surface area contributed by atoms with E-state index >= 15 is 0 Å². The quantitative estimate of drug-likeness (QED) is 0.0262. The van der Waals surface area contributed by atoms with Crippen LogP contribution in [-0.2, 0) is 14.3 Å². The maximum absolute atomic E-state index is 13.0. The molecule has 0 aromatic rings. The fourth-order valence-corrected chi connectivity index (χ4v) is 7.85. The summed E-state index contributed by atoms with van der Waals surface area (Å²) in [6.07, 6.45) is 55.9. The highest BCUT2D eigenvalue weighted by molar-refractivity contribution is 5.76. The smallest absolute Gasteiger partial charge is 0.220 e. The van der Waals surface area contributed by atoms with Crippen LogP contribution in [-0.4, -0.2) is 87.5 Å². The van der Waals surface area contributed by atoms with Crippen LogP contribution < -0.4 is 5.32 Å². The molecule has 0 spiro atoms. The van der Waals surface area contributed by atoms with Crippen LogP contribution in [0.4, 0.5) is 0 Å². The SMILES string of the molecule is CC/C=C\C/C=C\C/C=C\C/C=C\C/C=C\C/C=C\C/C=C\CCCCCCCC(=O)NC(COC1OC(CO)C(O)C(O)C1O)C(O)CCCCCCCCCCCCCCCCC. The molecule has 0 bridgehead atoms. The van der Waals surface area contributed by atoms with Crippen molar-refractivity contribution in [3.63, 3.8) is 0 Å². The van der Waals surface area contributed by atoms with Gasteiger partial charge in [-0.05, 0) is 70.6 Å². The average molecular weight is 912 g/mol. The Morgan fingerprint density at radius 1 is 0.538 bits per heavy atom. The van der Waals surface area contributed by atoms with Gasteiger partial charge in [-0.1, -0.05) is 214 Å². The van der Waals surface area contributed by atoms with E-state index in [1.54, 1.807) is 0 Å². The number of unbranched alkanes of at least 4 members (excludes halogenated alkanes) is 19. The summed E-state index contributed by atoms with van der Waals surface area (Å²) in [6, 6.07) is -0.735. The number of aliphatic hydroxyl groups is 5. The van der Waals surface area contributed by atoms with E-state index in [1.807, 2.05) is 0 Å². The third-order valence-electron chi connectivity index (χ3n) is 12.0. The summed E-state index contributed by atoms with van der Waals surface area (Å²) in [7, 11) is 0. The molecule has 0 aliphatic carbocycles. The first-order valence-electron chi connectivity index (χ1n) is 26.3. The van der Waals surface area contributed by atoms with Crippen molar-refractivity contribution in [2.24, 2.45) is 0 Å². The van der Waals surface area contributed by atoms with E-state index in [2.05, 4.69) is 104 Å².